The summed E-state index contributed by atoms with van der Waals surface area (Å²) in [5, 5.41) is 12.8. The predicted octanol–water partition coefficient (Wildman–Crippen LogP) is 1.86. The molecule has 1 aliphatic carbocycles. The molecule has 17 heavy (non-hydrogen) atoms. The quantitative estimate of drug-likeness (QED) is 0.808. The van der Waals surface area contributed by atoms with Crippen molar-refractivity contribution < 1.29 is 0 Å². The van der Waals surface area contributed by atoms with Gasteiger partial charge in [0.1, 0.15) is 5.54 Å². The second kappa shape index (κ2) is 4.96. The second-order valence-corrected chi connectivity index (χ2v) is 6.25. The van der Waals surface area contributed by atoms with E-state index in [4.69, 9.17) is 0 Å². The number of likely N-dealkylation sites (N-methyl/N-ethyl adjacent to an activating group) is 1. The molecule has 1 saturated carbocycles. The lowest BCUT2D eigenvalue weighted by Gasteiger charge is -2.39. The number of nitriles is 1. The largest absolute Gasteiger partial charge is 0.301 e. The van der Waals surface area contributed by atoms with Crippen molar-refractivity contribution in [3.05, 3.63) is 0 Å². The molecule has 0 amide bonds. The van der Waals surface area contributed by atoms with Gasteiger partial charge in [0, 0.05) is 19.6 Å². The highest BCUT2D eigenvalue weighted by atomic mass is 15.2. The van der Waals surface area contributed by atoms with Gasteiger partial charge in [0.15, 0.2) is 0 Å². The molecule has 3 unspecified atom stereocenters. The van der Waals surface area contributed by atoms with E-state index in [1.54, 1.807) is 0 Å². The van der Waals surface area contributed by atoms with E-state index in [1.807, 2.05) is 7.05 Å². The zero-order valence-corrected chi connectivity index (χ0v) is 11.4. The maximum atomic E-state index is 9.51. The Bertz CT molecular complexity index is 295. The molecule has 1 aliphatic heterocycles. The third-order valence-corrected chi connectivity index (χ3v) is 4.34. The zero-order valence-electron chi connectivity index (χ0n) is 11.4. The topological polar surface area (TPSA) is 39.1 Å². The number of likely N-dealkylation sites (tertiary alicyclic amines) is 1. The van der Waals surface area contributed by atoms with Gasteiger partial charge < -0.3 is 5.32 Å². The van der Waals surface area contributed by atoms with E-state index in [1.165, 1.54) is 19.3 Å². The molecule has 0 aromatic rings. The molecule has 1 heterocycles. The summed E-state index contributed by atoms with van der Waals surface area (Å²) >= 11 is 0. The minimum Gasteiger partial charge on any atom is -0.301 e. The first kappa shape index (κ1) is 12.9. The number of nitrogens with zero attached hydrogens (tertiary/aromatic N) is 2. The minimum atomic E-state index is -0.295. The Labute approximate surface area is 105 Å². The molecule has 0 aromatic carbocycles. The van der Waals surface area contributed by atoms with Crippen LogP contribution in [0.2, 0.25) is 0 Å². The fourth-order valence-corrected chi connectivity index (χ4v) is 3.44. The first-order valence-electron chi connectivity index (χ1n) is 6.92. The maximum absolute atomic E-state index is 9.51. The van der Waals surface area contributed by atoms with Crippen LogP contribution in [-0.4, -0.2) is 37.1 Å². The standard InChI is InChI=1S/C14H25N3/c1-11-6-12(2)8-17(7-11)10-14(9-15,16-3)13-4-5-13/h11-13,16H,4-8,10H2,1-3H3. The number of piperidine rings is 1. The molecular weight excluding hydrogens is 210 g/mol. The van der Waals surface area contributed by atoms with Crippen molar-refractivity contribution >= 4 is 0 Å². The Kier molecular flexibility index (Phi) is 3.75. The van der Waals surface area contributed by atoms with E-state index in [0.717, 1.165) is 31.5 Å². The average Bonchev–Trinajstić information content (AvgIpc) is 3.09. The third kappa shape index (κ3) is 2.81. The average molecular weight is 235 g/mol. The molecule has 3 heteroatoms. The van der Waals surface area contributed by atoms with Gasteiger partial charge in [0.25, 0.3) is 0 Å². The number of rotatable bonds is 4. The first-order chi connectivity index (χ1) is 8.09. The van der Waals surface area contributed by atoms with Crippen LogP contribution < -0.4 is 5.32 Å². The van der Waals surface area contributed by atoms with Gasteiger partial charge in [-0.15, -0.1) is 0 Å². The van der Waals surface area contributed by atoms with Crippen LogP contribution in [0.4, 0.5) is 0 Å². The SMILES string of the molecule is CNC(C#N)(CN1CC(C)CC(C)C1)C1CC1. The summed E-state index contributed by atoms with van der Waals surface area (Å²) in [6.45, 7) is 7.87. The summed E-state index contributed by atoms with van der Waals surface area (Å²) in [4.78, 5) is 2.50. The predicted molar refractivity (Wildman–Crippen MR) is 69.5 cm³/mol. The van der Waals surface area contributed by atoms with E-state index >= 15 is 0 Å². The van der Waals surface area contributed by atoms with Crippen LogP contribution in [-0.2, 0) is 0 Å². The van der Waals surface area contributed by atoms with Crippen molar-refractivity contribution in [2.75, 3.05) is 26.7 Å². The molecule has 96 valence electrons. The van der Waals surface area contributed by atoms with Crippen LogP contribution in [0.1, 0.15) is 33.1 Å². The van der Waals surface area contributed by atoms with E-state index in [9.17, 15) is 5.26 Å². The van der Waals surface area contributed by atoms with Gasteiger partial charge in [-0.1, -0.05) is 13.8 Å². The van der Waals surface area contributed by atoms with Crippen LogP contribution in [0.15, 0.2) is 0 Å². The molecular formula is C14H25N3. The normalized spacial score (nSPS) is 34.0. The Morgan fingerprint density at radius 2 is 1.88 bits per heavy atom. The lowest BCUT2D eigenvalue weighted by atomic mass is 9.88. The molecule has 3 nitrogen and oxygen atoms in total. The summed E-state index contributed by atoms with van der Waals surface area (Å²) in [7, 11) is 1.94. The molecule has 0 spiro atoms. The Balaban J connectivity index is 2.00. The monoisotopic (exact) mass is 235 g/mol. The van der Waals surface area contributed by atoms with Crippen molar-refractivity contribution in [2.45, 2.75) is 38.6 Å². The highest BCUT2D eigenvalue weighted by Gasteiger charge is 2.46. The molecule has 2 fully saturated rings. The van der Waals surface area contributed by atoms with Gasteiger partial charge in [0.05, 0.1) is 6.07 Å². The fourth-order valence-electron chi connectivity index (χ4n) is 3.44. The van der Waals surface area contributed by atoms with Gasteiger partial charge in [-0.25, -0.2) is 0 Å². The van der Waals surface area contributed by atoms with Crippen LogP contribution in [0.3, 0.4) is 0 Å². The summed E-state index contributed by atoms with van der Waals surface area (Å²) in [5.41, 5.74) is -0.295. The zero-order chi connectivity index (χ0) is 12.5. The van der Waals surface area contributed by atoms with E-state index in [2.05, 4.69) is 30.1 Å². The van der Waals surface area contributed by atoms with Gasteiger partial charge in [-0.2, -0.15) is 5.26 Å². The van der Waals surface area contributed by atoms with Crippen molar-refractivity contribution in [3.63, 3.8) is 0 Å². The van der Waals surface area contributed by atoms with Crippen LogP contribution in [0, 0.1) is 29.1 Å². The summed E-state index contributed by atoms with van der Waals surface area (Å²) in [6.07, 6.45) is 3.76. The Morgan fingerprint density at radius 1 is 1.29 bits per heavy atom. The van der Waals surface area contributed by atoms with E-state index in [0.29, 0.717) is 5.92 Å². The summed E-state index contributed by atoms with van der Waals surface area (Å²) in [6, 6.07) is 2.55. The molecule has 0 radical (unpaired) electrons. The number of hydrogen-bond acceptors (Lipinski definition) is 3. The lowest BCUT2D eigenvalue weighted by Crippen LogP contribution is -2.55. The molecule has 3 atom stereocenters. The number of nitrogens with one attached hydrogen (secondary N) is 1. The fraction of sp³-hybridized carbons (Fsp3) is 0.929. The van der Waals surface area contributed by atoms with Crippen LogP contribution >= 0.6 is 0 Å². The summed E-state index contributed by atoms with van der Waals surface area (Å²) < 4.78 is 0. The summed E-state index contributed by atoms with van der Waals surface area (Å²) in [5.74, 6) is 2.11. The molecule has 0 aromatic heterocycles. The van der Waals surface area contributed by atoms with E-state index < -0.39 is 0 Å². The van der Waals surface area contributed by atoms with Crippen LogP contribution in [0.5, 0.6) is 0 Å². The Hall–Kier alpha value is -0.590. The highest BCUT2D eigenvalue weighted by molar-refractivity contribution is 5.16. The smallest absolute Gasteiger partial charge is 0.122 e. The van der Waals surface area contributed by atoms with E-state index in [-0.39, 0.29) is 5.54 Å². The Morgan fingerprint density at radius 3 is 2.29 bits per heavy atom. The minimum absolute atomic E-state index is 0.295. The van der Waals surface area contributed by atoms with Gasteiger partial charge in [-0.3, -0.25) is 4.90 Å². The van der Waals surface area contributed by atoms with Crippen molar-refractivity contribution in [2.24, 2.45) is 17.8 Å². The molecule has 0 bridgehead atoms. The van der Waals surface area contributed by atoms with Gasteiger partial charge in [0.2, 0.25) is 0 Å². The van der Waals surface area contributed by atoms with Crippen molar-refractivity contribution in [3.8, 4) is 6.07 Å². The molecule has 2 rings (SSSR count). The van der Waals surface area contributed by atoms with Crippen LogP contribution in [0.25, 0.3) is 0 Å². The van der Waals surface area contributed by atoms with Gasteiger partial charge >= 0.3 is 0 Å². The molecule has 1 saturated heterocycles. The highest BCUT2D eigenvalue weighted by Crippen LogP contribution is 2.40. The van der Waals surface area contributed by atoms with Crippen molar-refractivity contribution in [1.82, 2.24) is 10.2 Å². The first-order valence-corrected chi connectivity index (χ1v) is 6.92. The second-order valence-electron chi connectivity index (χ2n) is 6.25. The third-order valence-electron chi connectivity index (χ3n) is 4.34. The molecule has 2 aliphatic rings. The maximum Gasteiger partial charge on any atom is 0.122 e. The lowest BCUT2D eigenvalue weighted by molar-refractivity contribution is 0.111. The van der Waals surface area contributed by atoms with Crippen molar-refractivity contribution in [1.29, 1.82) is 5.26 Å². The number of hydrogen-bond donors (Lipinski definition) is 1. The molecule has 1 N–H and O–H groups in total. The van der Waals surface area contributed by atoms with Gasteiger partial charge in [-0.05, 0) is 44.1 Å².